The predicted octanol–water partition coefficient (Wildman–Crippen LogP) is 1.59. The molecule has 0 unspecified atom stereocenters. The number of aromatic amines is 1. The molecule has 0 aromatic carbocycles. The van der Waals surface area contributed by atoms with E-state index in [1.807, 2.05) is 35.0 Å². The van der Waals surface area contributed by atoms with Crippen LogP contribution in [0, 0.1) is 6.92 Å². The molecule has 2 N–H and O–H groups in total. The fourth-order valence-corrected chi connectivity index (χ4v) is 4.24. The van der Waals surface area contributed by atoms with Gasteiger partial charge in [-0.1, -0.05) is 6.07 Å². The third-order valence-corrected chi connectivity index (χ3v) is 5.47. The van der Waals surface area contributed by atoms with Gasteiger partial charge in [0.05, 0.1) is 31.2 Å². The van der Waals surface area contributed by atoms with Gasteiger partial charge in [0.2, 0.25) is 5.91 Å². The van der Waals surface area contributed by atoms with Crippen molar-refractivity contribution in [2.45, 2.75) is 19.9 Å². The van der Waals surface area contributed by atoms with Crippen LogP contribution in [0.1, 0.15) is 26.8 Å². The van der Waals surface area contributed by atoms with Gasteiger partial charge >= 0.3 is 5.97 Å². The number of carbonyl (C=O) groups is 2. The Balaban J connectivity index is 1.59. The molecule has 4 aromatic heterocycles. The van der Waals surface area contributed by atoms with Crippen LogP contribution in [0.4, 0.5) is 0 Å². The van der Waals surface area contributed by atoms with Gasteiger partial charge < -0.3 is 19.4 Å². The van der Waals surface area contributed by atoms with Crippen LogP contribution in [0.3, 0.4) is 0 Å². The summed E-state index contributed by atoms with van der Waals surface area (Å²) in [5, 5.41) is 3.02. The number of amides is 1. The largest absolute Gasteiger partial charge is 0.465 e. The zero-order valence-electron chi connectivity index (χ0n) is 15.7. The van der Waals surface area contributed by atoms with E-state index in [0.717, 1.165) is 17.0 Å². The Morgan fingerprint density at radius 3 is 2.90 bits per heavy atom. The second-order valence-electron chi connectivity index (χ2n) is 6.38. The third kappa shape index (κ3) is 3.61. The van der Waals surface area contributed by atoms with E-state index < -0.39 is 5.97 Å². The first-order chi connectivity index (χ1) is 14.0. The molecule has 1 amide bonds. The Labute approximate surface area is 168 Å². The van der Waals surface area contributed by atoms with Crippen LogP contribution < -0.4 is 10.9 Å². The van der Waals surface area contributed by atoms with Crippen LogP contribution in [0.5, 0.6) is 0 Å². The molecular formula is C19H17N5O4S. The van der Waals surface area contributed by atoms with Crippen molar-refractivity contribution < 1.29 is 14.3 Å². The maximum Gasteiger partial charge on any atom is 0.348 e. The van der Waals surface area contributed by atoms with E-state index in [0.29, 0.717) is 21.9 Å². The average Bonchev–Trinajstić information content (AvgIpc) is 3.27. The molecule has 0 saturated heterocycles. The number of thiophene rings is 1. The highest BCUT2D eigenvalue weighted by Crippen LogP contribution is 2.29. The summed E-state index contributed by atoms with van der Waals surface area (Å²) >= 11 is 1.04. The van der Waals surface area contributed by atoms with Gasteiger partial charge in [-0.05, 0) is 19.1 Å². The van der Waals surface area contributed by atoms with Gasteiger partial charge in [-0.2, -0.15) is 0 Å². The van der Waals surface area contributed by atoms with Crippen molar-refractivity contribution in [3.63, 3.8) is 0 Å². The number of hydrogen-bond acceptors (Lipinski definition) is 7. The summed E-state index contributed by atoms with van der Waals surface area (Å²) in [6.07, 6.45) is 3.55. The maximum absolute atomic E-state index is 12.6. The average molecular weight is 411 g/mol. The van der Waals surface area contributed by atoms with Crippen molar-refractivity contribution in [3.05, 3.63) is 62.9 Å². The number of rotatable bonds is 5. The molecule has 10 heteroatoms. The number of H-pyrrole nitrogens is 1. The number of ether oxygens (including phenoxy) is 1. The van der Waals surface area contributed by atoms with E-state index >= 15 is 0 Å². The highest BCUT2D eigenvalue weighted by Gasteiger charge is 2.24. The van der Waals surface area contributed by atoms with E-state index in [1.165, 1.54) is 7.11 Å². The fraction of sp³-hybridized carbons (Fsp3) is 0.211. The Kier molecular flexibility index (Phi) is 4.85. The Morgan fingerprint density at radius 1 is 1.31 bits per heavy atom. The lowest BCUT2D eigenvalue weighted by Crippen LogP contribution is -2.26. The van der Waals surface area contributed by atoms with Crippen molar-refractivity contribution in [3.8, 4) is 0 Å². The van der Waals surface area contributed by atoms with Gasteiger partial charge in [0.15, 0.2) is 0 Å². The van der Waals surface area contributed by atoms with Crippen LogP contribution >= 0.6 is 11.3 Å². The first-order valence-corrected chi connectivity index (χ1v) is 9.58. The minimum absolute atomic E-state index is 0.147. The quantitative estimate of drug-likeness (QED) is 0.482. The van der Waals surface area contributed by atoms with Gasteiger partial charge in [0.25, 0.3) is 5.56 Å². The SMILES string of the molecule is COC(=O)c1sc2nc(C)[nH]c(=O)c2c1CC(=O)NCc1cn2ccccc2n1. The number of nitrogens with one attached hydrogen (secondary N) is 2. The first-order valence-electron chi connectivity index (χ1n) is 8.76. The predicted molar refractivity (Wildman–Crippen MR) is 107 cm³/mol. The van der Waals surface area contributed by atoms with E-state index in [4.69, 9.17) is 4.74 Å². The maximum atomic E-state index is 12.6. The Hall–Kier alpha value is -3.53. The van der Waals surface area contributed by atoms with Crippen LogP contribution in [-0.4, -0.2) is 38.3 Å². The third-order valence-electron chi connectivity index (χ3n) is 4.37. The van der Waals surface area contributed by atoms with E-state index in [9.17, 15) is 14.4 Å². The van der Waals surface area contributed by atoms with Crippen LogP contribution in [0.15, 0.2) is 35.4 Å². The van der Waals surface area contributed by atoms with Crippen LogP contribution in [-0.2, 0) is 22.5 Å². The lowest BCUT2D eigenvalue weighted by Gasteiger charge is -2.05. The summed E-state index contributed by atoms with van der Waals surface area (Å²) in [5.74, 6) is -0.511. The minimum atomic E-state index is -0.604. The topological polar surface area (TPSA) is 118 Å². The monoisotopic (exact) mass is 411 g/mol. The molecule has 0 aliphatic carbocycles. The number of nitrogens with zero attached hydrogens (tertiary/aromatic N) is 3. The van der Waals surface area contributed by atoms with Gasteiger partial charge in [0.1, 0.15) is 21.2 Å². The molecule has 0 atom stereocenters. The molecule has 0 saturated carbocycles. The van der Waals surface area contributed by atoms with Crippen molar-refractivity contribution in [1.29, 1.82) is 0 Å². The van der Waals surface area contributed by atoms with E-state index in [-0.39, 0.29) is 34.7 Å². The lowest BCUT2D eigenvalue weighted by atomic mass is 10.1. The zero-order valence-corrected chi connectivity index (χ0v) is 16.5. The number of aromatic nitrogens is 4. The van der Waals surface area contributed by atoms with Crippen molar-refractivity contribution >= 4 is 39.1 Å². The number of aryl methyl sites for hydroxylation is 1. The molecule has 0 radical (unpaired) electrons. The number of carbonyl (C=O) groups excluding carboxylic acids is 2. The molecule has 4 rings (SSSR count). The second-order valence-corrected chi connectivity index (χ2v) is 7.38. The number of imidazole rings is 1. The first kappa shape index (κ1) is 18.8. The molecule has 148 valence electrons. The number of fused-ring (bicyclic) bond motifs is 2. The van der Waals surface area contributed by atoms with Gasteiger partial charge in [0, 0.05) is 18.0 Å². The number of esters is 1. The fourth-order valence-electron chi connectivity index (χ4n) is 3.08. The molecule has 29 heavy (non-hydrogen) atoms. The van der Waals surface area contributed by atoms with Crippen molar-refractivity contribution in [2.75, 3.05) is 7.11 Å². The van der Waals surface area contributed by atoms with E-state index in [1.54, 1.807) is 6.92 Å². The van der Waals surface area contributed by atoms with Gasteiger partial charge in [-0.25, -0.2) is 14.8 Å². The second kappa shape index (κ2) is 7.47. The number of methoxy groups -OCH3 is 1. The van der Waals surface area contributed by atoms with E-state index in [2.05, 4.69) is 20.3 Å². The Morgan fingerprint density at radius 2 is 2.14 bits per heavy atom. The standard InChI is InChI=1S/C19H17N5O4S/c1-10-21-17(26)15-12(16(19(27)28-2)29-18(15)22-10)7-14(25)20-8-11-9-24-6-4-3-5-13(24)23-11/h3-6,9H,7-8H2,1-2H3,(H,20,25)(H,21,22,26). The van der Waals surface area contributed by atoms with Gasteiger partial charge in [-0.3, -0.25) is 9.59 Å². The molecule has 0 bridgehead atoms. The normalized spacial score (nSPS) is 11.1. The lowest BCUT2D eigenvalue weighted by molar-refractivity contribution is -0.120. The zero-order chi connectivity index (χ0) is 20.5. The summed E-state index contributed by atoms with van der Waals surface area (Å²) in [4.78, 5) is 49.1. The van der Waals surface area contributed by atoms with Crippen molar-refractivity contribution in [1.82, 2.24) is 24.7 Å². The molecule has 0 aliphatic heterocycles. The molecule has 4 heterocycles. The molecule has 4 aromatic rings. The van der Waals surface area contributed by atoms with Crippen molar-refractivity contribution in [2.24, 2.45) is 0 Å². The Bertz CT molecular complexity index is 1270. The highest BCUT2D eigenvalue weighted by molar-refractivity contribution is 7.20. The smallest absolute Gasteiger partial charge is 0.348 e. The summed E-state index contributed by atoms with van der Waals surface area (Å²) in [7, 11) is 1.25. The molecule has 0 aliphatic rings. The number of hydrogen-bond donors (Lipinski definition) is 2. The highest BCUT2D eigenvalue weighted by atomic mass is 32.1. The molecular weight excluding hydrogens is 394 g/mol. The molecule has 0 fully saturated rings. The molecule has 9 nitrogen and oxygen atoms in total. The summed E-state index contributed by atoms with van der Waals surface area (Å²) < 4.78 is 6.67. The van der Waals surface area contributed by atoms with Crippen LogP contribution in [0.2, 0.25) is 0 Å². The summed E-state index contributed by atoms with van der Waals surface area (Å²) in [6.45, 7) is 1.88. The summed E-state index contributed by atoms with van der Waals surface area (Å²) in [6, 6.07) is 5.64. The minimum Gasteiger partial charge on any atom is -0.465 e. The molecule has 0 spiro atoms. The number of pyridine rings is 1. The summed E-state index contributed by atoms with van der Waals surface area (Å²) in [5.41, 5.74) is 1.41. The van der Waals surface area contributed by atoms with Gasteiger partial charge in [-0.15, -0.1) is 11.3 Å². The van der Waals surface area contributed by atoms with Crippen LogP contribution in [0.25, 0.3) is 15.9 Å².